The summed E-state index contributed by atoms with van der Waals surface area (Å²) in [5, 5.41) is 30.5. The summed E-state index contributed by atoms with van der Waals surface area (Å²) in [6.45, 7) is 4.75. The van der Waals surface area contributed by atoms with Crippen LogP contribution < -0.4 is 0 Å². The predicted molar refractivity (Wildman–Crippen MR) is 190 cm³/mol. The van der Waals surface area contributed by atoms with Crippen LogP contribution in [-0.4, -0.2) is 58.0 Å². The zero-order chi connectivity index (χ0) is 32.4. The lowest BCUT2D eigenvalue weighted by molar-refractivity contribution is -0.134. The molecule has 2 unspecified atom stereocenters. The second-order valence-electron chi connectivity index (χ2n) is 13.8. The predicted octanol–water partition coefficient (Wildman–Crippen LogP) is 10.7. The minimum absolute atomic E-state index is 0.0178. The SMILES string of the molecule is CCCCCCCCCCCCCCCCCCC(O)C(O)CN(CCO)C(=O)CCCCCCCCCCCCCCC. The Morgan fingerprint density at radius 1 is 0.477 bits per heavy atom. The number of hydrogen-bond acceptors (Lipinski definition) is 4. The summed E-state index contributed by atoms with van der Waals surface area (Å²) in [7, 11) is 0. The average Bonchev–Trinajstić information content (AvgIpc) is 3.02. The fourth-order valence-corrected chi connectivity index (χ4v) is 6.33. The summed E-state index contributed by atoms with van der Waals surface area (Å²) in [6.07, 6.45) is 36.9. The molecule has 0 bridgehead atoms. The van der Waals surface area contributed by atoms with Gasteiger partial charge in [-0.25, -0.2) is 0 Å². The molecule has 0 spiro atoms. The number of hydrogen-bond donors (Lipinski definition) is 3. The number of carbonyl (C=O) groups is 1. The van der Waals surface area contributed by atoms with Gasteiger partial charge in [0, 0.05) is 19.5 Å². The van der Waals surface area contributed by atoms with E-state index in [9.17, 15) is 20.1 Å². The van der Waals surface area contributed by atoms with Crippen molar-refractivity contribution in [2.45, 2.75) is 225 Å². The number of nitrogens with zero attached hydrogens (tertiary/aromatic N) is 1. The van der Waals surface area contributed by atoms with Crippen LogP contribution in [0.2, 0.25) is 0 Å². The van der Waals surface area contributed by atoms with Gasteiger partial charge in [-0.05, 0) is 12.8 Å². The third-order valence-corrected chi connectivity index (χ3v) is 9.42. The first-order valence-corrected chi connectivity index (χ1v) is 19.8. The fraction of sp³-hybridized carbons (Fsp3) is 0.974. The van der Waals surface area contributed by atoms with Gasteiger partial charge in [-0.3, -0.25) is 4.79 Å². The summed E-state index contributed by atoms with van der Waals surface area (Å²) in [6, 6.07) is 0. The van der Waals surface area contributed by atoms with Gasteiger partial charge in [-0.2, -0.15) is 0 Å². The van der Waals surface area contributed by atoms with Crippen molar-refractivity contribution in [2.75, 3.05) is 19.7 Å². The van der Waals surface area contributed by atoms with Crippen LogP contribution in [0.4, 0.5) is 0 Å². The Kier molecular flexibility index (Phi) is 34.7. The van der Waals surface area contributed by atoms with Crippen molar-refractivity contribution in [1.29, 1.82) is 0 Å². The van der Waals surface area contributed by atoms with Crippen LogP contribution in [0.5, 0.6) is 0 Å². The van der Waals surface area contributed by atoms with Crippen LogP contribution >= 0.6 is 0 Å². The van der Waals surface area contributed by atoms with E-state index in [1.807, 2.05) is 0 Å². The summed E-state index contributed by atoms with van der Waals surface area (Å²) in [5.41, 5.74) is 0. The number of amides is 1. The molecule has 0 fully saturated rings. The van der Waals surface area contributed by atoms with E-state index in [1.165, 1.54) is 161 Å². The van der Waals surface area contributed by atoms with Gasteiger partial charge in [0.15, 0.2) is 0 Å². The zero-order valence-corrected chi connectivity index (χ0v) is 29.9. The topological polar surface area (TPSA) is 81.0 Å². The smallest absolute Gasteiger partial charge is 0.222 e. The van der Waals surface area contributed by atoms with Gasteiger partial charge in [-0.1, -0.05) is 194 Å². The summed E-state index contributed by atoms with van der Waals surface area (Å²) < 4.78 is 0. The quantitative estimate of drug-likeness (QED) is 0.0605. The highest BCUT2D eigenvalue weighted by Crippen LogP contribution is 2.16. The molecule has 1 amide bonds. The first-order chi connectivity index (χ1) is 21.6. The molecule has 0 heterocycles. The van der Waals surface area contributed by atoms with E-state index < -0.39 is 12.2 Å². The molecule has 5 nitrogen and oxygen atoms in total. The number of aliphatic hydroxyl groups excluding tert-OH is 3. The Balaban J connectivity index is 3.74. The molecule has 0 aliphatic heterocycles. The van der Waals surface area contributed by atoms with Gasteiger partial charge in [0.05, 0.1) is 18.8 Å². The lowest BCUT2D eigenvalue weighted by atomic mass is 10.0. The highest BCUT2D eigenvalue weighted by Gasteiger charge is 2.22. The molecule has 0 saturated carbocycles. The molecule has 0 aliphatic carbocycles. The third kappa shape index (κ3) is 30.0. The van der Waals surface area contributed by atoms with E-state index in [0.29, 0.717) is 12.8 Å². The lowest BCUT2D eigenvalue weighted by Crippen LogP contribution is -2.43. The molecule has 0 aliphatic rings. The maximum absolute atomic E-state index is 12.7. The number of carbonyl (C=O) groups excluding carboxylic acids is 1. The van der Waals surface area contributed by atoms with Crippen LogP contribution in [0, 0.1) is 0 Å². The van der Waals surface area contributed by atoms with Crippen molar-refractivity contribution in [2.24, 2.45) is 0 Å². The molecule has 5 heteroatoms. The van der Waals surface area contributed by atoms with Crippen molar-refractivity contribution in [3.8, 4) is 0 Å². The number of unbranched alkanes of at least 4 members (excludes halogenated alkanes) is 27. The Morgan fingerprint density at radius 2 is 0.795 bits per heavy atom. The minimum atomic E-state index is -0.950. The van der Waals surface area contributed by atoms with E-state index in [0.717, 1.165) is 25.7 Å². The van der Waals surface area contributed by atoms with Crippen LogP contribution in [0.3, 0.4) is 0 Å². The molecule has 0 rings (SSSR count). The van der Waals surface area contributed by atoms with Crippen LogP contribution in [0.1, 0.15) is 213 Å². The maximum atomic E-state index is 12.7. The van der Waals surface area contributed by atoms with E-state index in [-0.39, 0.29) is 25.6 Å². The van der Waals surface area contributed by atoms with Crippen molar-refractivity contribution in [3.63, 3.8) is 0 Å². The molecule has 44 heavy (non-hydrogen) atoms. The maximum Gasteiger partial charge on any atom is 0.222 e. The molecule has 3 N–H and O–H groups in total. The minimum Gasteiger partial charge on any atom is -0.395 e. The van der Waals surface area contributed by atoms with Crippen LogP contribution in [-0.2, 0) is 4.79 Å². The summed E-state index contributed by atoms with van der Waals surface area (Å²) in [5.74, 6) is -0.0178. The fourth-order valence-electron chi connectivity index (χ4n) is 6.33. The lowest BCUT2D eigenvalue weighted by Gasteiger charge is -2.27. The molecule has 0 saturated heterocycles. The van der Waals surface area contributed by atoms with Crippen molar-refractivity contribution in [3.05, 3.63) is 0 Å². The van der Waals surface area contributed by atoms with Gasteiger partial charge in [0.25, 0.3) is 0 Å². The highest BCUT2D eigenvalue weighted by atomic mass is 16.3. The monoisotopic (exact) mass is 626 g/mol. The summed E-state index contributed by atoms with van der Waals surface area (Å²) >= 11 is 0. The first kappa shape index (κ1) is 43.4. The Hall–Kier alpha value is -0.650. The Labute approximate surface area is 275 Å². The van der Waals surface area contributed by atoms with E-state index in [1.54, 1.807) is 4.90 Å². The van der Waals surface area contributed by atoms with Gasteiger partial charge in [-0.15, -0.1) is 0 Å². The molecule has 0 aromatic carbocycles. The second kappa shape index (κ2) is 35.2. The molecular formula is C39H79NO4. The van der Waals surface area contributed by atoms with Gasteiger partial charge < -0.3 is 20.2 Å². The molecule has 0 aromatic heterocycles. The van der Waals surface area contributed by atoms with Gasteiger partial charge in [0.2, 0.25) is 5.91 Å². The Morgan fingerprint density at radius 3 is 1.14 bits per heavy atom. The van der Waals surface area contributed by atoms with Crippen molar-refractivity contribution in [1.82, 2.24) is 4.90 Å². The van der Waals surface area contributed by atoms with Crippen molar-refractivity contribution < 1.29 is 20.1 Å². The van der Waals surface area contributed by atoms with E-state index >= 15 is 0 Å². The normalized spacial score (nSPS) is 12.9. The number of rotatable bonds is 36. The molecule has 264 valence electrons. The largest absolute Gasteiger partial charge is 0.395 e. The molecule has 2 atom stereocenters. The van der Waals surface area contributed by atoms with Crippen molar-refractivity contribution >= 4 is 5.91 Å². The van der Waals surface area contributed by atoms with E-state index in [2.05, 4.69) is 13.8 Å². The third-order valence-electron chi connectivity index (χ3n) is 9.42. The average molecular weight is 626 g/mol. The van der Waals surface area contributed by atoms with Crippen LogP contribution in [0.15, 0.2) is 0 Å². The highest BCUT2D eigenvalue weighted by molar-refractivity contribution is 5.76. The van der Waals surface area contributed by atoms with Gasteiger partial charge in [0.1, 0.15) is 0 Å². The molecule has 0 radical (unpaired) electrons. The molecule has 0 aromatic rings. The van der Waals surface area contributed by atoms with Crippen LogP contribution in [0.25, 0.3) is 0 Å². The second-order valence-corrected chi connectivity index (χ2v) is 13.8. The number of aliphatic hydroxyl groups is 3. The van der Waals surface area contributed by atoms with E-state index in [4.69, 9.17) is 0 Å². The Bertz CT molecular complexity index is 572. The van der Waals surface area contributed by atoms with Gasteiger partial charge >= 0.3 is 0 Å². The first-order valence-electron chi connectivity index (χ1n) is 19.8. The molecular weight excluding hydrogens is 546 g/mol. The standard InChI is InChI=1S/C39H79NO4/c1-3-5-7-9-11-13-15-17-18-19-21-22-24-26-28-30-32-37(42)38(43)36-40(34-35-41)39(44)33-31-29-27-25-23-20-16-14-12-10-8-6-4-2/h37-38,41-43H,3-36H2,1-2H3. The zero-order valence-electron chi connectivity index (χ0n) is 29.9. The summed E-state index contributed by atoms with van der Waals surface area (Å²) in [4.78, 5) is 14.3.